The summed E-state index contributed by atoms with van der Waals surface area (Å²) in [5.74, 6) is -0.917. The second-order valence-corrected chi connectivity index (χ2v) is 9.39. The zero-order chi connectivity index (χ0) is 26.5. The zero-order valence-electron chi connectivity index (χ0n) is 21.6. The molecule has 2 aromatic carbocycles. The Bertz CT molecular complexity index is 963. The number of nitrogens with two attached hydrogens (primary N) is 1. The van der Waals surface area contributed by atoms with Crippen molar-refractivity contribution in [2.75, 3.05) is 6.54 Å². The quantitative estimate of drug-likeness (QED) is 0.302. The average Bonchev–Trinajstić information content (AvgIpc) is 2.85. The summed E-state index contributed by atoms with van der Waals surface area (Å²) in [6.07, 6.45) is 1.87. The molecule has 1 radical (unpaired) electrons. The Hall–Kier alpha value is -3.39. The van der Waals surface area contributed by atoms with Gasteiger partial charge in [-0.25, -0.2) is 0 Å². The second kappa shape index (κ2) is 14.9. The van der Waals surface area contributed by atoms with Gasteiger partial charge in [0, 0.05) is 31.0 Å². The van der Waals surface area contributed by atoms with E-state index in [1.807, 2.05) is 75.4 Å². The molecule has 0 bridgehead atoms. The molecule has 195 valence electrons. The molecule has 0 saturated carbocycles. The van der Waals surface area contributed by atoms with Crippen molar-refractivity contribution in [3.8, 4) is 5.75 Å². The van der Waals surface area contributed by atoms with Crippen molar-refractivity contribution in [1.29, 1.82) is 0 Å². The number of nitrogens with one attached hydrogen (secondary N) is 3. The van der Waals surface area contributed by atoms with Crippen LogP contribution in [0.15, 0.2) is 54.6 Å². The van der Waals surface area contributed by atoms with E-state index in [1.165, 1.54) is 6.42 Å². The molecular weight excluding hydrogens is 456 g/mol. The molecule has 3 amide bonds. The van der Waals surface area contributed by atoms with Crippen LogP contribution in [-0.4, -0.2) is 42.4 Å². The molecule has 3 atom stereocenters. The van der Waals surface area contributed by atoms with Gasteiger partial charge in [0.05, 0.1) is 6.42 Å². The van der Waals surface area contributed by atoms with Crippen LogP contribution in [-0.2, 0) is 27.4 Å². The molecule has 8 nitrogen and oxygen atoms in total. The molecule has 0 spiro atoms. The lowest BCUT2D eigenvalue weighted by Gasteiger charge is -2.22. The number of rotatable bonds is 15. The van der Waals surface area contributed by atoms with E-state index >= 15 is 0 Å². The summed E-state index contributed by atoms with van der Waals surface area (Å²) in [6, 6.07) is 16.9. The summed E-state index contributed by atoms with van der Waals surface area (Å²) < 4.78 is 5.84. The Morgan fingerprint density at radius 2 is 1.61 bits per heavy atom. The first kappa shape index (κ1) is 28.8. The minimum absolute atomic E-state index is 0.0781. The van der Waals surface area contributed by atoms with E-state index in [2.05, 4.69) is 16.0 Å². The molecule has 0 saturated heterocycles. The molecule has 0 aliphatic carbocycles. The Morgan fingerprint density at radius 3 is 2.22 bits per heavy atom. The maximum atomic E-state index is 13.0. The van der Waals surface area contributed by atoms with Crippen molar-refractivity contribution in [2.24, 2.45) is 11.7 Å². The molecule has 0 aliphatic rings. The molecular formula is C28H39N4O4. The van der Waals surface area contributed by atoms with E-state index in [0.29, 0.717) is 19.6 Å². The summed E-state index contributed by atoms with van der Waals surface area (Å²) >= 11 is 0. The summed E-state index contributed by atoms with van der Waals surface area (Å²) in [7, 11) is 0. The van der Waals surface area contributed by atoms with E-state index in [9.17, 15) is 14.4 Å². The number of amides is 3. The van der Waals surface area contributed by atoms with Crippen molar-refractivity contribution in [1.82, 2.24) is 16.0 Å². The summed E-state index contributed by atoms with van der Waals surface area (Å²) in [6.45, 7) is 8.61. The summed E-state index contributed by atoms with van der Waals surface area (Å²) in [4.78, 5) is 36.7. The molecule has 0 heterocycles. The lowest BCUT2D eigenvalue weighted by Crippen LogP contribution is -2.51. The fourth-order valence-corrected chi connectivity index (χ4v) is 3.54. The highest BCUT2D eigenvalue weighted by Crippen LogP contribution is 2.16. The van der Waals surface area contributed by atoms with Gasteiger partial charge in [-0.2, -0.15) is 0 Å². The monoisotopic (exact) mass is 495 g/mol. The Kier molecular flexibility index (Phi) is 11.9. The number of primary amides is 1. The predicted octanol–water partition coefficient (Wildman–Crippen LogP) is 2.51. The van der Waals surface area contributed by atoms with Gasteiger partial charge in [-0.1, -0.05) is 63.2 Å². The van der Waals surface area contributed by atoms with Gasteiger partial charge in [0.25, 0.3) is 0 Å². The maximum absolute atomic E-state index is 13.0. The van der Waals surface area contributed by atoms with Crippen LogP contribution < -0.4 is 26.4 Å². The first-order chi connectivity index (χ1) is 17.1. The Balaban J connectivity index is 2.00. The zero-order valence-corrected chi connectivity index (χ0v) is 21.6. The van der Waals surface area contributed by atoms with Crippen molar-refractivity contribution in [2.45, 2.75) is 65.3 Å². The molecule has 8 heteroatoms. The Labute approximate surface area is 214 Å². The number of hydrogen-bond donors (Lipinski definition) is 4. The third kappa shape index (κ3) is 10.9. The van der Waals surface area contributed by atoms with Crippen LogP contribution >= 0.6 is 0 Å². The van der Waals surface area contributed by atoms with Gasteiger partial charge in [-0.15, -0.1) is 0 Å². The van der Waals surface area contributed by atoms with Crippen molar-refractivity contribution in [3.63, 3.8) is 0 Å². The minimum Gasteiger partial charge on any atom is -0.489 e. The molecule has 0 aliphatic heterocycles. The maximum Gasteiger partial charge on any atom is 0.242 e. The SMILES string of the molecule is CC(C)NC(C)CNC(=O)C(Cc1ccc(OCc2ccccc2)cc1)NC(=O)[CH]CC(C)C(N)=O. The molecule has 2 aromatic rings. The van der Waals surface area contributed by atoms with Gasteiger partial charge in [-0.05, 0) is 36.6 Å². The molecule has 36 heavy (non-hydrogen) atoms. The fraction of sp³-hybridized carbons (Fsp3) is 0.429. The van der Waals surface area contributed by atoms with Crippen LogP contribution in [0.4, 0.5) is 0 Å². The van der Waals surface area contributed by atoms with Gasteiger partial charge in [0.2, 0.25) is 17.7 Å². The van der Waals surface area contributed by atoms with Crippen LogP contribution in [0.2, 0.25) is 0 Å². The largest absolute Gasteiger partial charge is 0.489 e. The van der Waals surface area contributed by atoms with E-state index in [-0.39, 0.29) is 24.4 Å². The average molecular weight is 496 g/mol. The van der Waals surface area contributed by atoms with Crippen LogP contribution in [0.3, 0.4) is 0 Å². The third-order valence-corrected chi connectivity index (χ3v) is 5.59. The first-order valence-corrected chi connectivity index (χ1v) is 12.4. The molecule has 5 N–H and O–H groups in total. The molecule has 3 unspecified atom stereocenters. The van der Waals surface area contributed by atoms with Crippen molar-refractivity contribution < 1.29 is 19.1 Å². The first-order valence-electron chi connectivity index (χ1n) is 12.4. The number of carbonyl (C=O) groups excluding carboxylic acids is 3. The summed E-state index contributed by atoms with van der Waals surface area (Å²) in [5, 5.41) is 9.03. The van der Waals surface area contributed by atoms with Gasteiger partial charge < -0.3 is 26.4 Å². The van der Waals surface area contributed by atoms with Crippen molar-refractivity contribution in [3.05, 3.63) is 72.1 Å². The summed E-state index contributed by atoms with van der Waals surface area (Å²) in [5.41, 5.74) is 7.22. The van der Waals surface area contributed by atoms with Crippen LogP contribution in [0.1, 0.15) is 45.2 Å². The lowest BCUT2D eigenvalue weighted by molar-refractivity contribution is -0.128. The van der Waals surface area contributed by atoms with Gasteiger partial charge in [0.1, 0.15) is 18.4 Å². The smallest absolute Gasteiger partial charge is 0.242 e. The van der Waals surface area contributed by atoms with Crippen LogP contribution in [0.25, 0.3) is 0 Å². The molecule has 0 aromatic heterocycles. The van der Waals surface area contributed by atoms with E-state index < -0.39 is 23.8 Å². The minimum atomic E-state index is -0.778. The number of benzene rings is 2. The number of ether oxygens (including phenoxy) is 1. The van der Waals surface area contributed by atoms with Gasteiger partial charge >= 0.3 is 0 Å². The normalized spacial score (nSPS) is 13.5. The predicted molar refractivity (Wildman–Crippen MR) is 141 cm³/mol. The van der Waals surface area contributed by atoms with Crippen LogP contribution in [0, 0.1) is 12.3 Å². The van der Waals surface area contributed by atoms with Gasteiger partial charge in [0.15, 0.2) is 0 Å². The van der Waals surface area contributed by atoms with E-state index in [1.54, 1.807) is 6.92 Å². The number of hydrogen-bond acceptors (Lipinski definition) is 5. The fourth-order valence-electron chi connectivity index (χ4n) is 3.54. The van der Waals surface area contributed by atoms with Crippen LogP contribution in [0.5, 0.6) is 5.75 Å². The standard InChI is InChI=1S/C28H39N4O4/c1-19(2)31-21(4)17-30-28(35)25(32-26(33)15-10-20(3)27(29)34)16-22-11-13-24(14-12-22)36-18-23-8-6-5-7-9-23/h5-9,11-15,19-21,25,31H,10,16-18H2,1-4H3,(H2,29,34)(H,30,35)(H,32,33). The van der Waals surface area contributed by atoms with E-state index in [4.69, 9.17) is 10.5 Å². The highest BCUT2D eigenvalue weighted by molar-refractivity contribution is 5.92. The van der Waals surface area contributed by atoms with Gasteiger partial charge in [-0.3, -0.25) is 14.4 Å². The van der Waals surface area contributed by atoms with E-state index in [0.717, 1.165) is 16.9 Å². The Morgan fingerprint density at radius 1 is 0.944 bits per heavy atom. The number of carbonyl (C=O) groups is 3. The second-order valence-electron chi connectivity index (χ2n) is 9.39. The lowest BCUT2D eigenvalue weighted by atomic mass is 10.0. The van der Waals surface area contributed by atoms with Crippen molar-refractivity contribution >= 4 is 17.7 Å². The third-order valence-electron chi connectivity index (χ3n) is 5.59. The highest BCUT2D eigenvalue weighted by atomic mass is 16.5. The topological polar surface area (TPSA) is 123 Å². The molecule has 2 rings (SSSR count). The molecule has 0 fully saturated rings. The highest BCUT2D eigenvalue weighted by Gasteiger charge is 2.22.